The normalized spacial score (nSPS) is 11.8. The Morgan fingerprint density at radius 2 is 2.04 bits per heavy atom. The summed E-state index contributed by atoms with van der Waals surface area (Å²) >= 11 is 2.67. The third-order valence-corrected chi connectivity index (χ3v) is 5.84. The van der Waals surface area contributed by atoms with Gasteiger partial charge in [0.15, 0.2) is 10.9 Å². The van der Waals surface area contributed by atoms with Crippen LogP contribution in [-0.4, -0.2) is 33.0 Å². The molecule has 1 unspecified atom stereocenters. The molecule has 2 amide bonds. The first-order chi connectivity index (χ1) is 13.4. The van der Waals surface area contributed by atoms with E-state index in [2.05, 4.69) is 15.5 Å². The van der Waals surface area contributed by atoms with Gasteiger partial charge in [0.05, 0.1) is 22.4 Å². The van der Waals surface area contributed by atoms with Crippen molar-refractivity contribution in [2.45, 2.75) is 26.0 Å². The van der Waals surface area contributed by atoms with Gasteiger partial charge in [-0.1, -0.05) is 23.4 Å². The van der Waals surface area contributed by atoms with Gasteiger partial charge in [-0.05, 0) is 32.9 Å². The summed E-state index contributed by atoms with van der Waals surface area (Å²) < 4.78 is 4.94. The molecule has 2 aromatic heterocycles. The summed E-state index contributed by atoms with van der Waals surface area (Å²) in [6, 6.07) is 11.0. The molecule has 0 bridgehead atoms. The molecule has 1 N–H and O–H groups in total. The molecule has 3 rings (SSSR count). The van der Waals surface area contributed by atoms with E-state index in [1.165, 1.54) is 23.1 Å². The zero-order valence-electron chi connectivity index (χ0n) is 15.7. The molecular formula is C19H20N4O3S2. The summed E-state index contributed by atoms with van der Waals surface area (Å²) in [5.74, 6) is 0.748. The van der Waals surface area contributed by atoms with Gasteiger partial charge in [-0.15, -0.1) is 23.1 Å². The monoisotopic (exact) mass is 416 g/mol. The summed E-state index contributed by atoms with van der Waals surface area (Å²) in [5, 5.41) is 8.51. The highest BCUT2D eigenvalue weighted by atomic mass is 32.2. The number of para-hydroxylation sites is 1. The summed E-state index contributed by atoms with van der Waals surface area (Å²) in [6.45, 7) is 5.39. The van der Waals surface area contributed by atoms with Crippen LogP contribution < -0.4 is 10.2 Å². The number of aromatic nitrogens is 2. The Kier molecular flexibility index (Phi) is 6.48. The van der Waals surface area contributed by atoms with Gasteiger partial charge in [-0.3, -0.25) is 14.5 Å². The minimum absolute atomic E-state index is 0.137. The largest absolute Gasteiger partial charge is 0.360 e. The van der Waals surface area contributed by atoms with E-state index < -0.39 is 5.25 Å². The van der Waals surface area contributed by atoms with Crippen LogP contribution in [0.5, 0.6) is 0 Å². The van der Waals surface area contributed by atoms with E-state index >= 15 is 0 Å². The molecule has 0 aliphatic rings. The van der Waals surface area contributed by atoms with Crippen LogP contribution in [0.25, 0.3) is 0 Å². The number of hydrogen-bond acceptors (Lipinski definition) is 7. The standard InChI is InChI=1S/C19H20N4O3S2/c1-12-10-28-19(20-12)23(15-7-5-4-6-8-15)17(24)11-27-14(3)18(25)21-16-9-13(2)26-22-16/h4-10,14H,11H2,1-3H3,(H,21,22,25). The van der Waals surface area contributed by atoms with E-state index in [1.807, 2.05) is 42.6 Å². The zero-order valence-corrected chi connectivity index (χ0v) is 17.3. The molecule has 0 radical (unpaired) electrons. The lowest BCUT2D eigenvalue weighted by atomic mass is 10.3. The van der Waals surface area contributed by atoms with Gasteiger partial charge >= 0.3 is 0 Å². The Balaban J connectivity index is 1.65. The fourth-order valence-electron chi connectivity index (χ4n) is 2.37. The molecule has 7 nitrogen and oxygen atoms in total. The van der Waals surface area contributed by atoms with Crippen LogP contribution in [0, 0.1) is 13.8 Å². The molecule has 0 saturated heterocycles. The van der Waals surface area contributed by atoms with Gasteiger partial charge < -0.3 is 9.84 Å². The van der Waals surface area contributed by atoms with Crippen molar-refractivity contribution in [2.75, 3.05) is 16.0 Å². The summed E-state index contributed by atoms with van der Waals surface area (Å²) in [6.07, 6.45) is 0. The molecule has 0 fully saturated rings. The first kappa shape index (κ1) is 20.1. The fourth-order valence-corrected chi connectivity index (χ4v) is 3.94. The number of thiazole rings is 1. The molecule has 0 spiro atoms. The highest BCUT2D eigenvalue weighted by Gasteiger charge is 2.23. The first-order valence-electron chi connectivity index (χ1n) is 8.60. The summed E-state index contributed by atoms with van der Waals surface area (Å²) in [5.41, 5.74) is 1.61. The van der Waals surface area contributed by atoms with Gasteiger partial charge in [0.25, 0.3) is 0 Å². The highest BCUT2D eigenvalue weighted by molar-refractivity contribution is 8.01. The number of amides is 2. The Morgan fingerprint density at radius 3 is 2.64 bits per heavy atom. The van der Waals surface area contributed by atoms with Crippen molar-refractivity contribution in [1.82, 2.24) is 10.1 Å². The van der Waals surface area contributed by atoms with E-state index in [0.717, 1.165) is 11.4 Å². The van der Waals surface area contributed by atoms with Crippen molar-refractivity contribution in [3.8, 4) is 0 Å². The van der Waals surface area contributed by atoms with Crippen LogP contribution in [0.3, 0.4) is 0 Å². The third-order valence-electron chi connectivity index (χ3n) is 3.77. The number of nitrogens with one attached hydrogen (secondary N) is 1. The van der Waals surface area contributed by atoms with E-state index in [4.69, 9.17) is 4.52 Å². The SMILES string of the molecule is Cc1csc(N(C(=O)CSC(C)C(=O)Nc2cc(C)on2)c2ccccc2)n1. The molecule has 0 aliphatic carbocycles. The second-order valence-corrected chi connectivity index (χ2v) is 8.27. The highest BCUT2D eigenvalue weighted by Crippen LogP contribution is 2.29. The predicted octanol–water partition coefficient (Wildman–Crippen LogP) is 4.17. The fraction of sp³-hybridized carbons (Fsp3) is 0.263. The smallest absolute Gasteiger partial charge is 0.243 e. The molecule has 0 saturated carbocycles. The average molecular weight is 417 g/mol. The quantitative estimate of drug-likeness (QED) is 0.622. The van der Waals surface area contributed by atoms with Gasteiger partial charge in [0.2, 0.25) is 11.8 Å². The van der Waals surface area contributed by atoms with Crippen molar-refractivity contribution in [1.29, 1.82) is 0 Å². The maximum absolute atomic E-state index is 13.0. The lowest BCUT2D eigenvalue weighted by molar-refractivity contribution is -0.115. The maximum atomic E-state index is 13.0. The van der Waals surface area contributed by atoms with Crippen molar-refractivity contribution in [3.05, 3.63) is 53.2 Å². The minimum Gasteiger partial charge on any atom is -0.360 e. The zero-order chi connectivity index (χ0) is 20.1. The van der Waals surface area contributed by atoms with Gasteiger partial charge in [-0.25, -0.2) is 4.98 Å². The number of hydrogen-bond donors (Lipinski definition) is 1. The Labute approximate surface area is 171 Å². The number of rotatable bonds is 7. The molecule has 0 aliphatic heterocycles. The lowest BCUT2D eigenvalue weighted by Gasteiger charge is -2.20. The number of thioether (sulfide) groups is 1. The number of nitrogens with zero attached hydrogens (tertiary/aromatic N) is 3. The minimum atomic E-state index is -0.434. The van der Waals surface area contributed by atoms with Crippen molar-refractivity contribution in [2.24, 2.45) is 0 Å². The Morgan fingerprint density at radius 1 is 1.29 bits per heavy atom. The van der Waals surface area contributed by atoms with Crippen LogP contribution in [0.4, 0.5) is 16.6 Å². The van der Waals surface area contributed by atoms with Crippen LogP contribution >= 0.6 is 23.1 Å². The topological polar surface area (TPSA) is 88.3 Å². The van der Waals surface area contributed by atoms with Gasteiger partial charge in [0.1, 0.15) is 5.76 Å². The molecular weight excluding hydrogens is 396 g/mol. The molecule has 1 atom stereocenters. The second kappa shape index (κ2) is 9.03. The molecule has 28 heavy (non-hydrogen) atoms. The second-order valence-electron chi connectivity index (χ2n) is 6.10. The average Bonchev–Trinajstić information content (AvgIpc) is 3.29. The lowest BCUT2D eigenvalue weighted by Crippen LogP contribution is -2.30. The molecule has 2 heterocycles. The summed E-state index contributed by atoms with van der Waals surface area (Å²) in [7, 11) is 0. The van der Waals surface area contributed by atoms with Crippen molar-refractivity contribution >= 4 is 51.5 Å². The first-order valence-corrected chi connectivity index (χ1v) is 10.5. The van der Waals surface area contributed by atoms with Crippen LogP contribution in [0.15, 0.2) is 46.3 Å². The Hall–Kier alpha value is -2.65. The Bertz CT molecular complexity index is 955. The molecule has 146 valence electrons. The summed E-state index contributed by atoms with van der Waals surface area (Å²) in [4.78, 5) is 31.3. The van der Waals surface area contributed by atoms with Crippen LogP contribution in [0.2, 0.25) is 0 Å². The molecule has 9 heteroatoms. The third kappa shape index (κ3) is 4.99. The van der Waals surface area contributed by atoms with Crippen LogP contribution in [0.1, 0.15) is 18.4 Å². The van der Waals surface area contributed by atoms with Crippen molar-refractivity contribution < 1.29 is 14.1 Å². The maximum Gasteiger partial charge on any atom is 0.243 e. The van der Waals surface area contributed by atoms with Gasteiger partial charge in [0, 0.05) is 11.4 Å². The number of carbonyl (C=O) groups excluding carboxylic acids is 2. The molecule has 3 aromatic rings. The number of aryl methyl sites for hydroxylation is 2. The molecule has 1 aromatic carbocycles. The van der Waals surface area contributed by atoms with Crippen molar-refractivity contribution in [3.63, 3.8) is 0 Å². The van der Waals surface area contributed by atoms with E-state index in [1.54, 1.807) is 24.8 Å². The van der Waals surface area contributed by atoms with Gasteiger partial charge in [-0.2, -0.15) is 0 Å². The van der Waals surface area contributed by atoms with Crippen LogP contribution in [-0.2, 0) is 9.59 Å². The van der Waals surface area contributed by atoms with E-state index in [9.17, 15) is 9.59 Å². The van der Waals surface area contributed by atoms with E-state index in [0.29, 0.717) is 16.7 Å². The number of benzene rings is 1. The number of carbonyl (C=O) groups is 2. The van der Waals surface area contributed by atoms with E-state index in [-0.39, 0.29) is 17.6 Å². The number of anilines is 3. The predicted molar refractivity (Wildman–Crippen MR) is 112 cm³/mol.